The van der Waals surface area contributed by atoms with E-state index in [0.29, 0.717) is 11.5 Å². The molecule has 1 aliphatic heterocycles. The molecule has 2 rings (SSSR count). The number of rotatable bonds is 4. The summed E-state index contributed by atoms with van der Waals surface area (Å²) in [6.07, 6.45) is 2.23. The number of benzene rings is 1. The van der Waals surface area contributed by atoms with Crippen molar-refractivity contribution < 1.29 is 14.6 Å². The molecule has 0 bridgehead atoms. The first-order chi connectivity index (χ1) is 8.25. The Morgan fingerprint density at radius 2 is 2.18 bits per heavy atom. The number of carbonyl (C=O) groups is 1. The SMILES string of the molecule is O=C(O)c1cccc(SCC2CCOCC2)c1. The van der Waals surface area contributed by atoms with Crippen LogP contribution >= 0.6 is 11.8 Å². The number of ether oxygens (including phenoxy) is 1. The third-order valence-electron chi connectivity index (χ3n) is 2.91. The van der Waals surface area contributed by atoms with Gasteiger partial charge in [0.15, 0.2) is 0 Å². The van der Waals surface area contributed by atoms with Gasteiger partial charge in [0.2, 0.25) is 0 Å². The van der Waals surface area contributed by atoms with Crippen LogP contribution in [0.15, 0.2) is 29.2 Å². The lowest BCUT2D eigenvalue weighted by molar-refractivity contribution is 0.0696. The molecule has 1 aromatic rings. The fourth-order valence-corrected chi connectivity index (χ4v) is 2.99. The minimum Gasteiger partial charge on any atom is -0.478 e. The number of carboxylic acid groups (broad SMARTS) is 1. The average molecular weight is 252 g/mol. The first-order valence-electron chi connectivity index (χ1n) is 5.79. The highest BCUT2D eigenvalue weighted by atomic mass is 32.2. The van der Waals surface area contributed by atoms with E-state index in [-0.39, 0.29) is 0 Å². The van der Waals surface area contributed by atoms with E-state index >= 15 is 0 Å². The van der Waals surface area contributed by atoms with E-state index in [9.17, 15) is 4.79 Å². The molecular weight excluding hydrogens is 236 g/mol. The summed E-state index contributed by atoms with van der Waals surface area (Å²) in [4.78, 5) is 11.9. The first kappa shape index (κ1) is 12.5. The Kier molecular flexibility index (Phi) is 4.45. The van der Waals surface area contributed by atoms with Crippen LogP contribution in [0.25, 0.3) is 0 Å². The van der Waals surface area contributed by atoms with Gasteiger partial charge in [0.05, 0.1) is 5.56 Å². The molecule has 1 heterocycles. The summed E-state index contributed by atoms with van der Waals surface area (Å²) in [6, 6.07) is 7.14. The Morgan fingerprint density at radius 3 is 2.88 bits per heavy atom. The molecule has 1 fully saturated rings. The molecule has 0 radical (unpaired) electrons. The second-order valence-corrected chi connectivity index (χ2v) is 5.29. The molecule has 4 heteroatoms. The summed E-state index contributed by atoms with van der Waals surface area (Å²) in [5, 5.41) is 8.90. The maximum absolute atomic E-state index is 10.8. The average Bonchev–Trinajstić information content (AvgIpc) is 2.38. The molecule has 3 nitrogen and oxygen atoms in total. The Labute approximate surface area is 105 Å². The number of hydrogen-bond donors (Lipinski definition) is 1. The first-order valence-corrected chi connectivity index (χ1v) is 6.78. The Bertz CT molecular complexity index is 386. The van der Waals surface area contributed by atoms with E-state index in [1.807, 2.05) is 6.07 Å². The van der Waals surface area contributed by atoms with Crippen molar-refractivity contribution in [1.29, 1.82) is 0 Å². The van der Waals surface area contributed by atoms with Gasteiger partial charge in [-0.3, -0.25) is 0 Å². The molecule has 1 saturated heterocycles. The number of hydrogen-bond acceptors (Lipinski definition) is 3. The molecule has 0 spiro atoms. The molecule has 0 unspecified atom stereocenters. The van der Waals surface area contributed by atoms with Crippen LogP contribution in [-0.4, -0.2) is 30.0 Å². The van der Waals surface area contributed by atoms with Gasteiger partial charge in [-0.15, -0.1) is 11.8 Å². The van der Waals surface area contributed by atoms with Crippen molar-refractivity contribution in [3.63, 3.8) is 0 Å². The van der Waals surface area contributed by atoms with Gasteiger partial charge < -0.3 is 9.84 Å². The van der Waals surface area contributed by atoms with Crippen molar-refractivity contribution in [3.05, 3.63) is 29.8 Å². The van der Waals surface area contributed by atoms with Gasteiger partial charge in [0, 0.05) is 23.9 Å². The third-order valence-corrected chi connectivity index (χ3v) is 4.13. The molecule has 92 valence electrons. The third kappa shape index (κ3) is 3.75. The van der Waals surface area contributed by atoms with Crippen LogP contribution in [0.4, 0.5) is 0 Å². The Morgan fingerprint density at radius 1 is 1.41 bits per heavy atom. The number of thioether (sulfide) groups is 1. The topological polar surface area (TPSA) is 46.5 Å². The van der Waals surface area contributed by atoms with Crippen molar-refractivity contribution in [3.8, 4) is 0 Å². The lowest BCUT2D eigenvalue weighted by atomic mass is 10.0. The minimum atomic E-state index is -0.862. The molecular formula is C13H16O3S. The van der Waals surface area contributed by atoms with Crippen LogP contribution in [0.2, 0.25) is 0 Å². The van der Waals surface area contributed by atoms with Crippen LogP contribution in [-0.2, 0) is 4.74 Å². The smallest absolute Gasteiger partial charge is 0.335 e. The standard InChI is InChI=1S/C13H16O3S/c14-13(15)11-2-1-3-12(8-11)17-9-10-4-6-16-7-5-10/h1-3,8,10H,4-7,9H2,(H,14,15). The zero-order valence-corrected chi connectivity index (χ0v) is 10.4. The number of aromatic carboxylic acids is 1. The minimum absolute atomic E-state index is 0.363. The zero-order valence-electron chi connectivity index (χ0n) is 9.59. The summed E-state index contributed by atoms with van der Waals surface area (Å²) in [5.74, 6) is 0.882. The van der Waals surface area contributed by atoms with Crippen molar-refractivity contribution in [2.45, 2.75) is 17.7 Å². The lowest BCUT2D eigenvalue weighted by Crippen LogP contribution is -2.17. The van der Waals surface area contributed by atoms with E-state index in [1.54, 1.807) is 30.0 Å². The molecule has 1 aromatic carbocycles. The van der Waals surface area contributed by atoms with Crippen LogP contribution in [0.3, 0.4) is 0 Å². The van der Waals surface area contributed by atoms with Crippen molar-refractivity contribution in [2.24, 2.45) is 5.92 Å². The van der Waals surface area contributed by atoms with Crippen LogP contribution in [0.1, 0.15) is 23.2 Å². The second kappa shape index (κ2) is 6.07. The largest absolute Gasteiger partial charge is 0.478 e. The molecule has 0 amide bonds. The van der Waals surface area contributed by atoms with Crippen LogP contribution in [0.5, 0.6) is 0 Å². The molecule has 17 heavy (non-hydrogen) atoms. The molecule has 0 aromatic heterocycles. The van der Waals surface area contributed by atoms with Gasteiger partial charge in [-0.1, -0.05) is 6.07 Å². The highest BCUT2D eigenvalue weighted by Gasteiger charge is 2.14. The van der Waals surface area contributed by atoms with Gasteiger partial charge in [-0.25, -0.2) is 4.79 Å². The van der Waals surface area contributed by atoms with Crippen molar-refractivity contribution >= 4 is 17.7 Å². The summed E-state index contributed by atoms with van der Waals surface area (Å²) < 4.78 is 5.32. The maximum atomic E-state index is 10.8. The van der Waals surface area contributed by atoms with Crippen LogP contribution in [0, 0.1) is 5.92 Å². The summed E-state index contributed by atoms with van der Waals surface area (Å²) in [6.45, 7) is 1.72. The lowest BCUT2D eigenvalue weighted by Gasteiger charge is -2.21. The monoisotopic (exact) mass is 252 g/mol. The predicted octanol–water partition coefficient (Wildman–Crippen LogP) is 2.90. The Hall–Kier alpha value is -1.00. The van der Waals surface area contributed by atoms with E-state index in [2.05, 4.69) is 0 Å². The molecule has 1 aliphatic rings. The van der Waals surface area contributed by atoms with Crippen LogP contribution < -0.4 is 0 Å². The molecule has 1 N–H and O–H groups in total. The zero-order chi connectivity index (χ0) is 12.1. The van der Waals surface area contributed by atoms with E-state index < -0.39 is 5.97 Å². The van der Waals surface area contributed by atoms with Gasteiger partial charge >= 0.3 is 5.97 Å². The van der Waals surface area contributed by atoms with Gasteiger partial charge in [0.25, 0.3) is 0 Å². The van der Waals surface area contributed by atoms with Crippen molar-refractivity contribution in [1.82, 2.24) is 0 Å². The quantitative estimate of drug-likeness (QED) is 0.837. The van der Waals surface area contributed by atoms with Gasteiger partial charge in [-0.05, 0) is 37.0 Å². The van der Waals surface area contributed by atoms with Gasteiger partial charge in [-0.2, -0.15) is 0 Å². The fraction of sp³-hybridized carbons (Fsp3) is 0.462. The maximum Gasteiger partial charge on any atom is 0.335 e. The van der Waals surface area contributed by atoms with Crippen molar-refractivity contribution in [2.75, 3.05) is 19.0 Å². The normalized spacial score (nSPS) is 16.9. The van der Waals surface area contributed by atoms with E-state index in [0.717, 1.165) is 36.7 Å². The van der Waals surface area contributed by atoms with E-state index in [4.69, 9.17) is 9.84 Å². The molecule has 0 aliphatic carbocycles. The second-order valence-electron chi connectivity index (χ2n) is 4.20. The predicted molar refractivity (Wildman–Crippen MR) is 67.7 cm³/mol. The molecule has 0 saturated carbocycles. The number of carboxylic acids is 1. The molecule has 0 atom stereocenters. The fourth-order valence-electron chi connectivity index (χ4n) is 1.85. The highest BCUT2D eigenvalue weighted by molar-refractivity contribution is 7.99. The summed E-state index contributed by atoms with van der Waals surface area (Å²) >= 11 is 1.74. The Balaban J connectivity index is 1.89. The summed E-state index contributed by atoms with van der Waals surface area (Å²) in [7, 11) is 0. The summed E-state index contributed by atoms with van der Waals surface area (Å²) in [5.41, 5.74) is 0.363. The van der Waals surface area contributed by atoms with E-state index in [1.165, 1.54) is 0 Å². The van der Waals surface area contributed by atoms with Gasteiger partial charge in [0.1, 0.15) is 0 Å². The highest BCUT2D eigenvalue weighted by Crippen LogP contribution is 2.26.